The number of aromatic nitrogens is 10. The Bertz CT molecular complexity index is 6850. The molecule has 18 rings (SSSR count). The molecular weight excluding hydrogens is 2520 g/mol. The SMILES string of the molecule is Clc1c(Cl)c(Br)c2c(c1Cl)-c1nc-2nc2[n-]c(nc3nc(nc4[n-]c(n1)c1c(Cl)c(Br)c(Cl)c(Br)c41)-c1c(Cl)c(Cl)c(Br)c(Cl)c1-3)c1c(Br)c(Cl)c(Br)c(Cl)c21.Clc1c(Cl)c(Cl)c2c(c1Cl)C1=NC2=Nc2[n-]c(c3c(Cl)c(Cl)c(Cl)c(Cl)c23)NC2N=C(N=c3[n-]c(c4c(Cl)c(Cl)c(Cl)c(Cl)c34)=N1)c1c(Cl)c(Cl)c(Cl)c(Cl)c12.[Cu+2].[Cu+2]. The van der Waals surface area contributed by atoms with E-state index in [1.54, 1.807) is 0 Å². The summed E-state index contributed by atoms with van der Waals surface area (Å²) in [6, 6.07) is 0. The maximum atomic E-state index is 6.98. The Hall–Kier alpha value is 0.0690. The summed E-state index contributed by atoms with van der Waals surface area (Å²) in [6.07, 6.45) is -1.13. The fourth-order valence-corrected chi connectivity index (χ4v) is 22.7. The Morgan fingerprint density at radius 3 is 1.06 bits per heavy atom. The van der Waals surface area contributed by atoms with Crippen molar-refractivity contribution < 1.29 is 34.1 Å². The number of nitrogens with zero attached hydrogens (tertiary/aromatic N) is 15. The quantitative estimate of drug-likeness (QED) is 0.0858. The average Bonchev–Trinajstić information content (AvgIpc) is 1.57. The number of anilines is 1. The molecule has 0 spiro atoms. The summed E-state index contributed by atoms with van der Waals surface area (Å²) in [4.78, 5) is 72.2. The molecule has 50 heteroatoms. The van der Waals surface area contributed by atoms with Crippen LogP contribution in [0.4, 0.5) is 11.6 Å². The number of fused-ring (bicyclic) bond motifs is 38. The molecule has 1 unspecified atom stereocenters. The molecule has 13 aromatic rings. The van der Waals surface area contributed by atoms with E-state index in [2.05, 4.69) is 101 Å². The van der Waals surface area contributed by atoms with Crippen molar-refractivity contribution in [3.8, 4) is 45.6 Å². The van der Waals surface area contributed by atoms with Gasteiger partial charge in [0.15, 0.2) is 0 Å². The first kappa shape index (κ1) is 88.9. The summed E-state index contributed by atoms with van der Waals surface area (Å²) < 4.78 is 2.12. The van der Waals surface area contributed by atoms with E-state index < -0.39 is 6.17 Å². The van der Waals surface area contributed by atoms with Crippen LogP contribution in [0.1, 0.15) is 28.4 Å². The summed E-state index contributed by atoms with van der Waals surface area (Å²) in [5, 5.41) is 5.43. The molecule has 584 valence electrons. The van der Waals surface area contributed by atoms with E-state index in [-0.39, 0.29) is 311 Å². The van der Waals surface area contributed by atoms with Gasteiger partial charge in [0.05, 0.1) is 185 Å². The maximum absolute atomic E-state index is 6.98. The van der Waals surface area contributed by atoms with Crippen LogP contribution < -0.4 is 36.2 Å². The van der Waals surface area contributed by atoms with Crippen molar-refractivity contribution in [1.82, 2.24) is 49.8 Å². The van der Waals surface area contributed by atoms with Crippen LogP contribution in [0.5, 0.6) is 0 Å². The number of nitrogens with one attached hydrogen (secondary N) is 1. The van der Waals surface area contributed by atoms with Crippen LogP contribution in [-0.4, -0.2) is 47.4 Å². The van der Waals surface area contributed by atoms with Crippen LogP contribution in [0.25, 0.3) is 111 Å². The summed E-state index contributed by atoms with van der Waals surface area (Å²) in [5.74, 6) is -0.0329. The molecular formula is C64H2Br6Cl26Cu2N16. The van der Waals surface area contributed by atoms with Crippen molar-refractivity contribution in [2.75, 3.05) is 5.32 Å². The molecule has 0 amide bonds. The largest absolute Gasteiger partial charge is 2.00 e. The first-order chi connectivity index (χ1) is 52.9. The van der Waals surface area contributed by atoms with Gasteiger partial charge in [0.25, 0.3) is 0 Å². The number of aliphatic imine (C=N–C) groups is 3. The maximum Gasteiger partial charge on any atom is 2.00 e. The number of hydrogen-bond donors (Lipinski definition) is 1. The van der Waals surface area contributed by atoms with E-state index in [0.717, 1.165) is 0 Å². The third-order valence-corrected chi connectivity index (χ3v) is 35.4. The topological polar surface area (TPSA) is 208 Å². The second kappa shape index (κ2) is 32.8. The Labute approximate surface area is 836 Å². The van der Waals surface area contributed by atoms with Crippen LogP contribution in [0.2, 0.25) is 131 Å². The molecule has 16 nitrogen and oxygen atoms in total. The standard InChI is InChI=1S/C32Br6Cl10N8.C32H2Cl16N8.2Cu/c33-9-1-4(15(39)12(36)20(9)44)28-49-25(1)53-31-7-8(18(42)23(47)14(38)17(7)41)32(56-31)54-26-2-5(16(40)13(37)21(45)10(2)34)29(50-26)55-30-6-3(27(51-28)52-30)11(35)22(46)24(48)19(6)43;33-9-1-2(10(34)18(42)17(9)41)26-49-25(1)53-27-3-4(12(36)20(44)19(43)11(3)35)29(50-27)55-31-7-8(16(40)24(48)23(47)15(7)39)32(52-31)56-30-6-5(28(51-30)54-26)13(37)21(45)22(46)14(6)38;;/h;25,53H;;/q2*-2;2*+2. The molecule has 0 saturated heterocycles. The third-order valence-electron chi connectivity index (χ3n) is 17.3. The molecule has 0 aliphatic carbocycles. The fraction of sp³-hybridized carbons (Fsp3) is 0.0156. The zero-order chi connectivity index (χ0) is 80.3. The summed E-state index contributed by atoms with van der Waals surface area (Å²) in [6.45, 7) is 0. The second-order valence-electron chi connectivity index (χ2n) is 23.2. The minimum atomic E-state index is -1.13. The number of rotatable bonds is 0. The summed E-state index contributed by atoms with van der Waals surface area (Å²) in [7, 11) is 0. The van der Waals surface area contributed by atoms with Crippen LogP contribution in [0.15, 0.2) is 51.8 Å². The van der Waals surface area contributed by atoms with Gasteiger partial charge in [0.1, 0.15) is 6.17 Å². The van der Waals surface area contributed by atoms with Gasteiger partial charge in [0, 0.05) is 146 Å². The fourth-order valence-electron chi connectivity index (χ4n) is 12.4. The van der Waals surface area contributed by atoms with Crippen LogP contribution in [0.3, 0.4) is 0 Å². The number of amidine groups is 3. The van der Waals surface area contributed by atoms with Crippen LogP contribution in [0, 0.1) is 0 Å². The van der Waals surface area contributed by atoms with Crippen LogP contribution >= 0.6 is 397 Å². The average molecular weight is 2520 g/mol. The Morgan fingerprint density at radius 1 is 0.237 bits per heavy atom. The van der Waals surface area contributed by atoms with Crippen molar-refractivity contribution >= 4 is 492 Å². The van der Waals surface area contributed by atoms with Gasteiger partial charge in [-0.25, -0.2) is 15.0 Å². The number of benzene rings is 8. The molecule has 0 fully saturated rings. The van der Waals surface area contributed by atoms with Gasteiger partial charge < -0.3 is 60.2 Å². The first-order valence-electron chi connectivity index (χ1n) is 29.4. The van der Waals surface area contributed by atoms with E-state index >= 15 is 0 Å². The van der Waals surface area contributed by atoms with E-state index in [9.17, 15) is 0 Å². The van der Waals surface area contributed by atoms with Gasteiger partial charge in [-0.05, 0) is 95.6 Å². The van der Waals surface area contributed by atoms with Crippen molar-refractivity contribution in [1.29, 1.82) is 0 Å². The molecule has 0 saturated carbocycles. The molecule has 1 N–H and O–H groups in total. The molecule has 8 aromatic carbocycles. The van der Waals surface area contributed by atoms with E-state index in [1.807, 2.05) is 0 Å². The van der Waals surface area contributed by atoms with E-state index in [1.165, 1.54) is 0 Å². The number of halogens is 32. The van der Waals surface area contributed by atoms with Crippen LogP contribution in [-0.2, 0) is 34.1 Å². The molecule has 16 bridgehead atoms. The minimum absolute atomic E-state index is 0. The molecule has 114 heavy (non-hydrogen) atoms. The number of hydrogen-bond acceptors (Lipinski definition) is 12. The van der Waals surface area contributed by atoms with Crippen molar-refractivity contribution in [3.05, 3.63) is 191 Å². The van der Waals surface area contributed by atoms with Gasteiger partial charge in [-0.1, -0.05) is 302 Å². The monoisotopic (exact) mass is 2500 g/mol. The summed E-state index contributed by atoms with van der Waals surface area (Å²) >= 11 is 197. The van der Waals surface area contributed by atoms with Gasteiger partial charge in [-0.15, -0.1) is 0 Å². The molecule has 5 aliphatic rings. The molecule has 10 heterocycles. The van der Waals surface area contributed by atoms with Gasteiger partial charge in [-0.3, -0.25) is 4.99 Å². The second-order valence-corrected chi connectivity index (χ2v) is 37.8. The normalized spacial score (nSPS) is 13.8. The molecule has 5 aliphatic heterocycles. The van der Waals surface area contributed by atoms with Crippen molar-refractivity contribution in [3.63, 3.8) is 0 Å². The predicted molar refractivity (Wildman–Crippen MR) is 486 cm³/mol. The predicted octanol–water partition coefficient (Wildman–Crippen LogP) is 32.3. The third kappa shape index (κ3) is 13.5. The van der Waals surface area contributed by atoms with Gasteiger partial charge in [0.2, 0.25) is 0 Å². The smallest absolute Gasteiger partial charge is 0.416 e. The molecule has 2 radical (unpaired) electrons. The molecule has 1 atom stereocenters. The van der Waals surface area contributed by atoms with Gasteiger partial charge in [-0.2, -0.15) is 0 Å². The summed E-state index contributed by atoms with van der Waals surface area (Å²) in [5.41, 5.74) is 1.96. The zero-order valence-electron chi connectivity index (χ0n) is 52.0. The Kier molecular flexibility index (Phi) is 25.6. The zero-order valence-corrected chi connectivity index (χ0v) is 83.0. The first-order valence-corrected chi connectivity index (χ1v) is 44.0. The van der Waals surface area contributed by atoms with Crippen molar-refractivity contribution in [2.45, 2.75) is 6.17 Å². The molecule has 5 aromatic heterocycles. The minimum Gasteiger partial charge on any atom is -0.416 e. The van der Waals surface area contributed by atoms with E-state index in [0.29, 0.717) is 53.9 Å². The Balaban J connectivity index is 0.000000177. The van der Waals surface area contributed by atoms with Crippen molar-refractivity contribution in [2.24, 2.45) is 25.0 Å². The van der Waals surface area contributed by atoms with Gasteiger partial charge >= 0.3 is 34.1 Å². The Morgan fingerprint density at radius 2 is 0.579 bits per heavy atom. The van der Waals surface area contributed by atoms with E-state index in [4.69, 9.17) is 376 Å².